The Balaban J connectivity index is 2.93. The van der Waals surface area contributed by atoms with E-state index in [4.69, 9.17) is 5.73 Å². The lowest BCUT2D eigenvalue weighted by Gasteiger charge is -1.99. The maximum atomic E-state index is 11.1. The Kier molecular flexibility index (Phi) is 1.95. The minimum Gasteiger partial charge on any atom is -0.321 e. The van der Waals surface area contributed by atoms with Gasteiger partial charge in [-0.15, -0.1) is 5.10 Å². The molecule has 0 fully saturated rings. The third-order valence-electron chi connectivity index (χ3n) is 1.25. The van der Waals surface area contributed by atoms with Gasteiger partial charge in [0.05, 0.1) is 6.04 Å². The molecule has 1 aromatic rings. The fourth-order valence-electron chi connectivity index (χ4n) is 0.642. The molecule has 1 atom stereocenters. The van der Waals surface area contributed by atoms with E-state index in [0.29, 0.717) is 0 Å². The van der Waals surface area contributed by atoms with Gasteiger partial charge >= 0.3 is 0 Å². The third kappa shape index (κ3) is 1.40. The molecule has 0 amide bonds. The number of aryl methyl sites for hydroxylation is 1. The smallest absolute Gasteiger partial charge is 0.219 e. The number of aromatic nitrogens is 4. The Morgan fingerprint density at radius 2 is 2.36 bits per heavy atom. The van der Waals surface area contributed by atoms with Crippen molar-refractivity contribution in [2.24, 2.45) is 12.8 Å². The summed E-state index contributed by atoms with van der Waals surface area (Å²) in [6.07, 6.45) is 0. The third-order valence-corrected chi connectivity index (χ3v) is 1.25. The monoisotopic (exact) mass is 155 g/mol. The largest absolute Gasteiger partial charge is 0.321 e. The van der Waals surface area contributed by atoms with Crippen molar-refractivity contribution >= 4 is 5.78 Å². The second kappa shape index (κ2) is 2.75. The van der Waals surface area contributed by atoms with Crippen LogP contribution in [0.4, 0.5) is 0 Å². The van der Waals surface area contributed by atoms with E-state index >= 15 is 0 Å². The zero-order chi connectivity index (χ0) is 8.43. The Morgan fingerprint density at radius 3 is 2.73 bits per heavy atom. The van der Waals surface area contributed by atoms with Crippen molar-refractivity contribution < 1.29 is 4.79 Å². The molecule has 6 nitrogen and oxygen atoms in total. The molecule has 1 aromatic heterocycles. The highest BCUT2D eigenvalue weighted by Gasteiger charge is 2.16. The van der Waals surface area contributed by atoms with E-state index in [0.717, 1.165) is 0 Å². The first-order valence-corrected chi connectivity index (χ1v) is 3.15. The number of rotatable bonds is 2. The highest BCUT2D eigenvalue weighted by molar-refractivity contribution is 5.96. The number of hydrogen-bond donors (Lipinski definition) is 1. The van der Waals surface area contributed by atoms with Gasteiger partial charge in [-0.3, -0.25) is 4.79 Å². The fraction of sp³-hybridized carbons (Fsp3) is 0.600. The van der Waals surface area contributed by atoms with Crippen LogP contribution in [0.25, 0.3) is 0 Å². The molecule has 1 unspecified atom stereocenters. The molecule has 60 valence electrons. The highest BCUT2D eigenvalue weighted by atomic mass is 16.1. The Labute approximate surface area is 63.4 Å². The number of carbonyl (C=O) groups is 1. The predicted molar refractivity (Wildman–Crippen MR) is 36.8 cm³/mol. The van der Waals surface area contributed by atoms with E-state index in [1.54, 1.807) is 14.0 Å². The molecular weight excluding hydrogens is 146 g/mol. The van der Waals surface area contributed by atoms with Gasteiger partial charge in [0.1, 0.15) is 0 Å². The van der Waals surface area contributed by atoms with Crippen LogP contribution in [0.5, 0.6) is 0 Å². The molecule has 0 saturated carbocycles. The van der Waals surface area contributed by atoms with E-state index in [9.17, 15) is 4.79 Å². The van der Waals surface area contributed by atoms with Gasteiger partial charge in [0.15, 0.2) is 0 Å². The van der Waals surface area contributed by atoms with Crippen LogP contribution in [0.1, 0.15) is 17.5 Å². The minimum absolute atomic E-state index is 0.194. The Morgan fingerprint density at radius 1 is 1.73 bits per heavy atom. The number of carbonyl (C=O) groups excluding carboxylic acids is 1. The first-order valence-electron chi connectivity index (χ1n) is 3.15. The van der Waals surface area contributed by atoms with Gasteiger partial charge in [0.2, 0.25) is 11.6 Å². The maximum Gasteiger partial charge on any atom is 0.219 e. The van der Waals surface area contributed by atoms with Crippen LogP contribution in [0.3, 0.4) is 0 Å². The average molecular weight is 155 g/mol. The highest BCUT2D eigenvalue weighted by Crippen LogP contribution is 1.93. The summed E-state index contributed by atoms with van der Waals surface area (Å²) in [5.74, 6) is -0.0579. The Hall–Kier alpha value is -1.30. The minimum atomic E-state index is -0.556. The van der Waals surface area contributed by atoms with E-state index in [2.05, 4.69) is 15.5 Å². The molecule has 0 spiro atoms. The predicted octanol–water partition coefficient (Wildman–Crippen LogP) is -1.26. The van der Waals surface area contributed by atoms with Gasteiger partial charge in [0, 0.05) is 7.05 Å². The van der Waals surface area contributed by atoms with E-state index in [1.165, 1.54) is 4.68 Å². The second-order valence-corrected chi connectivity index (χ2v) is 2.28. The lowest BCUT2D eigenvalue weighted by Crippen LogP contribution is -2.29. The average Bonchev–Trinajstić information content (AvgIpc) is 2.33. The molecule has 0 aromatic carbocycles. The molecule has 0 aliphatic heterocycles. The maximum absolute atomic E-state index is 11.1. The van der Waals surface area contributed by atoms with E-state index < -0.39 is 6.04 Å². The summed E-state index contributed by atoms with van der Waals surface area (Å²) < 4.78 is 1.30. The van der Waals surface area contributed by atoms with Crippen LogP contribution < -0.4 is 5.73 Å². The van der Waals surface area contributed by atoms with Crippen molar-refractivity contribution in [2.75, 3.05) is 0 Å². The lowest BCUT2D eigenvalue weighted by molar-refractivity contribution is 0.0953. The van der Waals surface area contributed by atoms with Gasteiger partial charge in [-0.25, -0.2) is 4.68 Å². The summed E-state index contributed by atoms with van der Waals surface area (Å²) in [6, 6.07) is -0.556. The summed E-state index contributed by atoms with van der Waals surface area (Å²) in [4.78, 5) is 11.1. The molecule has 1 rings (SSSR count). The van der Waals surface area contributed by atoms with Crippen LogP contribution in [0.2, 0.25) is 0 Å². The normalized spacial score (nSPS) is 13.0. The zero-order valence-electron chi connectivity index (χ0n) is 6.35. The summed E-state index contributed by atoms with van der Waals surface area (Å²) in [7, 11) is 1.59. The molecule has 0 bridgehead atoms. The topological polar surface area (TPSA) is 86.7 Å². The molecule has 0 saturated heterocycles. The molecular formula is C5H9N5O. The summed E-state index contributed by atoms with van der Waals surface area (Å²) in [6.45, 7) is 1.59. The number of tetrazole rings is 1. The number of hydrogen-bond acceptors (Lipinski definition) is 5. The molecule has 1 heterocycles. The van der Waals surface area contributed by atoms with Crippen molar-refractivity contribution in [1.82, 2.24) is 20.2 Å². The van der Waals surface area contributed by atoms with Gasteiger partial charge in [-0.2, -0.15) is 0 Å². The first kappa shape index (κ1) is 7.80. The van der Waals surface area contributed by atoms with Crippen LogP contribution >= 0.6 is 0 Å². The molecule has 0 radical (unpaired) electrons. The van der Waals surface area contributed by atoms with Crippen LogP contribution in [0, 0.1) is 0 Å². The van der Waals surface area contributed by atoms with Gasteiger partial charge in [-0.1, -0.05) is 0 Å². The number of Topliss-reactive ketones (excluding diaryl/α,β-unsaturated/α-hetero) is 1. The van der Waals surface area contributed by atoms with Crippen molar-refractivity contribution in [3.8, 4) is 0 Å². The molecule has 0 aliphatic carbocycles. The van der Waals surface area contributed by atoms with Gasteiger partial charge in [0.25, 0.3) is 0 Å². The van der Waals surface area contributed by atoms with Crippen LogP contribution in [-0.4, -0.2) is 32.0 Å². The molecule has 11 heavy (non-hydrogen) atoms. The number of nitrogens with zero attached hydrogens (tertiary/aromatic N) is 4. The first-order chi connectivity index (χ1) is 5.13. The van der Waals surface area contributed by atoms with Gasteiger partial charge < -0.3 is 5.73 Å². The van der Waals surface area contributed by atoms with Crippen molar-refractivity contribution in [3.05, 3.63) is 5.82 Å². The van der Waals surface area contributed by atoms with Crippen molar-refractivity contribution in [3.63, 3.8) is 0 Å². The fourth-order valence-corrected chi connectivity index (χ4v) is 0.642. The molecule has 6 heteroatoms. The molecule has 0 aliphatic rings. The summed E-state index contributed by atoms with van der Waals surface area (Å²) >= 11 is 0. The summed E-state index contributed by atoms with van der Waals surface area (Å²) in [5, 5.41) is 10.3. The zero-order valence-corrected chi connectivity index (χ0v) is 6.35. The van der Waals surface area contributed by atoms with Crippen LogP contribution in [0.15, 0.2) is 0 Å². The SMILES string of the molecule is CC(N)C(=O)c1nnnn1C. The van der Waals surface area contributed by atoms with Gasteiger partial charge in [-0.05, 0) is 17.4 Å². The quantitative estimate of drug-likeness (QED) is 0.538. The Bertz CT molecular complexity index is 266. The number of ketones is 1. The standard InChI is InChI=1S/C5H9N5O/c1-3(6)4(11)5-7-8-9-10(5)2/h3H,6H2,1-2H3. The number of nitrogens with two attached hydrogens (primary N) is 1. The summed E-state index contributed by atoms with van der Waals surface area (Å²) in [5.41, 5.74) is 5.34. The lowest BCUT2D eigenvalue weighted by atomic mass is 10.2. The van der Waals surface area contributed by atoms with E-state index in [-0.39, 0.29) is 11.6 Å². The van der Waals surface area contributed by atoms with Crippen molar-refractivity contribution in [1.29, 1.82) is 0 Å². The molecule has 2 N–H and O–H groups in total. The van der Waals surface area contributed by atoms with Crippen LogP contribution in [-0.2, 0) is 7.05 Å². The second-order valence-electron chi connectivity index (χ2n) is 2.28. The van der Waals surface area contributed by atoms with E-state index in [1.807, 2.05) is 0 Å². The van der Waals surface area contributed by atoms with Crippen molar-refractivity contribution in [2.45, 2.75) is 13.0 Å².